The van der Waals surface area contributed by atoms with Crippen LogP contribution in [0.1, 0.15) is 105 Å². The highest BCUT2D eigenvalue weighted by Crippen LogP contribution is 2.68. The number of allylic oxidation sites excluding steroid dienone is 2. The molecule has 0 heterocycles. The molecule has 0 aromatic carbocycles. The Labute approximate surface area is 163 Å². The lowest BCUT2D eigenvalue weighted by molar-refractivity contribution is -0.114. The zero-order valence-electron chi connectivity index (χ0n) is 18.3. The summed E-state index contributed by atoms with van der Waals surface area (Å²) < 4.78 is 0. The fraction of sp³-hybridized carbons (Fsp3) is 0.923. The molecular formula is C26H44. The van der Waals surface area contributed by atoms with Crippen molar-refractivity contribution in [3.8, 4) is 0 Å². The molecule has 0 amide bonds. The van der Waals surface area contributed by atoms with Crippen molar-refractivity contribution in [2.75, 3.05) is 0 Å². The van der Waals surface area contributed by atoms with Gasteiger partial charge in [0.2, 0.25) is 0 Å². The van der Waals surface area contributed by atoms with Crippen molar-refractivity contribution < 1.29 is 0 Å². The van der Waals surface area contributed by atoms with Gasteiger partial charge in [-0.15, -0.1) is 0 Å². The highest BCUT2D eigenvalue weighted by atomic mass is 14.6. The molecule has 0 aliphatic heterocycles. The second-order valence-electron chi connectivity index (χ2n) is 11.4. The van der Waals surface area contributed by atoms with Gasteiger partial charge in [0.15, 0.2) is 0 Å². The third-order valence-corrected chi connectivity index (χ3v) is 10.2. The predicted octanol–water partition coefficient (Wildman–Crippen LogP) is 8.03. The monoisotopic (exact) mass is 356 g/mol. The molecule has 0 N–H and O–H groups in total. The van der Waals surface area contributed by atoms with Gasteiger partial charge in [0.1, 0.15) is 0 Å². The predicted molar refractivity (Wildman–Crippen MR) is 113 cm³/mol. The average Bonchev–Trinajstić information content (AvgIpc) is 2.97. The summed E-state index contributed by atoms with van der Waals surface area (Å²) in [6.07, 6.45) is 18.9. The van der Waals surface area contributed by atoms with Crippen molar-refractivity contribution in [3.63, 3.8) is 0 Å². The Morgan fingerprint density at radius 3 is 2.42 bits per heavy atom. The summed E-state index contributed by atoms with van der Waals surface area (Å²) in [7, 11) is 0. The Hall–Kier alpha value is -0.260. The molecule has 0 spiro atoms. The maximum absolute atomic E-state index is 2.72. The highest BCUT2D eigenvalue weighted by molar-refractivity contribution is 5.17. The SMILES string of the molecule is CCC/C=C(\C)C1CCC2C3CCC4CC(C)CCC4(C)C3CCC12C. The largest absolute Gasteiger partial charge is 0.0853 e. The Morgan fingerprint density at radius 2 is 1.65 bits per heavy atom. The van der Waals surface area contributed by atoms with Gasteiger partial charge in [-0.25, -0.2) is 0 Å². The lowest BCUT2D eigenvalue weighted by Gasteiger charge is -2.61. The summed E-state index contributed by atoms with van der Waals surface area (Å²) in [5.41, 5.74) is 3.03. The number of rotatable bonds is 3. The van der Waals surface area contributed by atoms with Crippen LogP contribution in [-0.2, 0) is 0 Å². The molecule has 0 heteroatoms. The van der Waals surface area contributed by atoms with Crippen LogP contribution >= 0.6 is 0 Å². The van der Waals surface area contributed by atoms with Gasteiger partial charge >= 0.3 is 0 Å². The van der Waals surface area contributed by atoms with E-state index in [4.69, 9.17) is 0 Å². The number of fused-ring (bicyclic) bond motifs is 5. The molecule has 148 valence electrons. The first kappa shape index (κ1) is 19.1. The third-order valence-electron chi connectivity index (χ3n) is 10.2. The van der Waals surface area contributed by atoms with E-state index >= 15 is 0 Å². The molecule has 0 aromatic rings. The molecule has 4 aliphatic rings. The van der Waals surface area contributed by atoms with Crippen LogP contribution in [0.2, 0.25) is 0 Å². The molecule has 0 bridgehead atoms. The van der Waals surface area contributed by atoms with Crippen LogP contribution in [-0.4, -0.2) is 0 Å². The molecule has 0 radical (unpaired) electrons. The first-order valence-corrected chi connectivity index (χ1v) is 12.1. The summed E-state index contributed by atoms with van der Waals surface area (Å²) in [6, 6.07) is 0. The quantitative estimate of drug-likeness (QED) is 0.449. The van der Waals surface area contributed by atoms with Gasteiger partial charge < -0.3 is 0 Å². The fourth-order valence-corrected chi connectivity index (χ4v) is 8.73. The first-order valence-electron chi connectivity index (χ1n) is 12.1. The Balaban J connectivity index is 1.56. The van der Waals surface area contributed by atoms with Gasteiger partial charge in [0.25, 0.3) is 0 Å². The summed E-state index contributed by atoms with van der Waals surface area (Å²) in [5.74, 6) is 6.03. The first-order chi connectivity index (χ1) is 12.4. The van der Waals surface area contributed by atoms with E-state index < -0.39 is 0 Å². The van der Waals surface area contributed by atoms with E-state index in [0.29, 0.717) is 10.8 Å². The zero-order chi connectivity index (χ0) is 18.5. The van der Waals surface area contributed by atoms with Crippen LogP contribution < -0.4 is 0 Å². The second kappa shape index (κ2) is 6.97. The van der Waals surface area contributed by atoms with Gasteiger partial charge in [0, 0.05) is 0 Å². The molecule has 0 saturated heterocycles. The molecule has 0 aromatic heterocycles. The van der Waals surface area contributed by atoms with Crippen LogP contribution in [0.3, 0.4) is 0 Å². The molecule has 4 rings (SSSR count). The molecule has 0 nitrogen and oxygen atoms in total. The highest BCUT2D eigenvalue weighted by Gasteiger charge is 2.59. The normalized spacial score (nSPS) is 51.5. The molecule has 4 fully saturated rings. The van der Waals surface area contributed by atoms with E-state index in [0.717, 1.165) is 35.5 Å². The Kier molecular flexibility index (Phi) is 5.11. The van der Waals surface area contributed by atoms with Crippen molar-refractivity contribution in [1.29, 1.82) is 0 Å². The molecule has 4 saturated carbocycles. The number of hydrogen-bond donors (Lipinski definition) is 0. The van der Waals surface area contributed by atoms with Crippen molar-refractivity contribution >= 4 is 0 Å². The van der Waals surface area contributed by atoms with E-state index in [1.807, 2.05) is 0 Å². The minimum Gasteiger partial charge on any atom is -0.0853 e. The second-order valence-corrected chi connectivity index (χ2v) is 11.4. The van der Waals surface area contributed by atoms with E-state index in [1.165, 1.54) is 57.8 Å². The van der Waals surface area contributed by atoms with Gasteiger partial charge in [0.05, 0.1) is 0 Å². The van der Waals surface area contributed by atoms with Gasteiger partial charge in [-0.3, -0.25) is 0 Å². The van der Waals surface area contributed by atoms with Gasteiger partial charge in [-0.2, -0.15) is 0 Å². The molecule has 8 unspecified atom stereocenters. The summed E-state index contributed by atoms with van der Waals surface area (Å²) >= 11 is 0. The van der Waals surface area contributed by atoms with E-state index in [9.17, 15) is 0 Å². The van der Waals surface area contributed by atoms with E-state index in [2.05, 4.69) is 40.7 Å². The smallest absolute Gasteiger partial charge is 0.0149 e. The lowest BCUT2D eigenvalue weighted by atomic mass is 9.44. The molecule has 26 heavy (non-hydrogen) atoms. The minimum atomic E-state index is 0.612. The van der Waals surface area contributed by atoms with Gasteiger partial charge in [-0.05, 0) is 111 Å². The van der Waals surface area contributed by atoms with Crippen LogP contribution in [0.15, 0.2) is 11.6 Å². The number of unbranched alkanes of at least 4 members (excludes halogenated alkanes) is 1. The number of hydrogen-bond acceptors (Lipinski definition) is 0. The minimum absolute atomic E-state index is 0.612. The maximum Gasteiger partial charge on any atom is -0.0149 e. The van der Waals surface area contributed by atoms with Crippen LogP contribution in [0.4, 0.5) is 0 Å². The van der Waals surface area contributed by atoms with E-state index in [-0.39, 0.29) is 0 Å². The maximum atomic E-state index is 2.72. The van der Waals surface area contributed by atoms with Crippen LogP contribution in [0.25, 0.3) is 0 Å². The Bertz CT molecular complexity index is 544. The summed E-state index contributed by atoms with van der Waals surface area (Å²) in [4.78, 5) is 0. The van der Waals surface area contributed by atoms with Crippen molar-refractivity contribution in [2.24, 2.45) is 46.3 Å². The van der Waals surface area contributed by atoms with Crippen molar-refractivity contribution in [1.82, 2.24) is 0 Å². The average molecular weight is 357 g/mol. The molecular weight excluding hydrogens is 312 g/mol. The molecule has 4 aliphatic carbocycles. The van der Waals surface area contributed by atoms with Crippen LogP contribution in [0, 0.1) is 46.3 Å². The lowest BCUT2D eigenvalue weighted by Crippen LogP contribution is -2.53. The fourth-order valence-electron chi connectivity index (χ4n) is 8.73. The van der Waals surface area contributed by atoms with Crippen LogP contribution in [0.5, 0.6) is 0 Å². The topological polar surface area (TPSA) is 0 Å². The summed E-state index contributed by atoms with van der Waals surface area (Å²) in [5, 5.41) is 0. The third kappa shape index (κ3) is 2.84. The molecule has 8 atom stereocenters. The van der Waals surface area contributed by atoms with Gasteiger partial charge in [-0.1, -0.05) is 52.2 Å². The van der Waals surface area contributed by atoms with Crippen molar-refractivity contribution in [2.45, 2.75) is 105 Å². The van der Waals surface area contributed by atoms with Crippen molar-refractivity contribution in [3.05, 3.63) is 11.6 Å². The zero-order valence-corrected chi connectivity index (χ0v) is 18.3. The standard InChI is InChI=1S/C26H44/c1-6-7-8-19(3)22-11-12-23-21-10-9-20-17-18(2)13-15-25(20,4)24(21)14-16-26(22,23)5/h8,18,20-24H,6-7,9-17H2,1-5H3/b19-8+. The van der Waals surface area contributed by atoms with E-state index in [1.54, 1.807) is 18.4 Å². The Morgan fingerprint density at radius 1 is 0.923 bits per heavy atom. The summed E-state index contributed by atoms with van der Waals surface area (Å²) in [6.45, 7) is 12.7.